The summed E-state index contributed by atoms with van der Waals surface area (Å²) >= 11 is 7.38. The molecule has 0 aliphatic heterocycles. The molecule has 7 nitrogen and oxygen atoms in total. The number of rotatable bonds is 5. The maximum atomic E-state index is 12.6. The van der Waals surface area contributed by atoms with E-state index in [1.165, 1.54) is 12.3 Å². The second kappa shape index (κ2) is 8.81. The maximum Gasteiger partial charge on any atom is 0.267 e. The number of carbonyl (C=O) groups excluding carboxylic acids is 2. The lowest BCUT2D eigenvalue weighted by Crippen LogP contribution is -2.14. The number of carbonyl (C=O) groups is 2. The molecule has 9 heteroatoms. The first-order valence-electron chi connectivity index (χ1n) is 8.80. The van der Waals surface area contributed by atoms with Crippen LogP contribution in [0.5, 0.6) is 0 Å². The Balaban J connectivity index is 1.50. The molecule has 0 fully saturated rings. The van der Waals surface area contributed by atoms with Crippen molar-refractivity contribution in [2.24, 2.45) is 0 Å². The molecule has 0 spiro atoms. The first-order valence-corrected chi connectivity index (χ1v) is 10.00. The SMILES string of the molecule is O=C(Nc1ccccc1)c1ccc(Cl)c(NC(=O)c2cnc(-c3ncccn3)s2)c1. The molecule has 0 saturated carbocycles. The van der Waals surface area contributed by atoms with Crippen molar-refractivity contribution >= 4 is 46.1 Å². The number of amides is 2. The molecular weight excluding hydrogens is 422 g/mol. The highest BCUT2D eigenvalue weighted by Crippen LogP contribution is 2.26. The van der Waals surface area contributed by atoms with Crippen LogP contribution >= 0.6 is 22.9 Å². The summed E-state index contributed by atoms with van der Waals surface area (Å²) in [7, 11) is 0. The zero-order chi connectivity index (χ0) is 20.9. The molecule has 4 aromatic rings. The van der Waals surface area contributed by atoms with Gasteiger partial charge in [0.15, 0.2) is 10.8 Å². The van der Waals surface area contributed by atoms with Crippen molar-refractivity contribution < 1.29 is 9.59 Å². The van der Waals surface area contributed by atoms with Gasteiger partial charge in [-0.1, -0.05) is 29.8 Å². The Hall–Kier alpha value is -3.62. The first-order chi connectivity index (χ1) is 14.6. The molecule has 0 atom stereocenters. The van der Waals surface area contributed by atoms with E-state index in [-0.39, 0.29) is 5.91 Å². The first kappa shape index (κ1) is 19.7. The summed E-state index contributed by atoms with van der Waals surface area (Å²) in [4.78, 5) is 38.0. The normalized spacial score (nSPS) is 10.4. The molecule has 0 aliphatic rings. The molecule has 2 amide bonds. The third kappa shape index (κ3) is 4.51. The lowest BCUT2D eigenvalue weighted by Gasteiger charge is -2.09. The Morgan fingerprint density at radius 1 is 0.867 bits per heavy atom. The largest absolute Gasteiger partial charge is 0.322 e. The summed E-state index contributed by atoms with van der Waals surface area (Å²) < 4.78 is 0. The van der Waals surface area contributed by atoms with Gasteiger partial charge in [0.1, 0.15) is 4.88 Å². The van der Waals surface area contributed by atoms with Gasteiger partial charge in [0.05, 0.1) is 16.9 Å². The standard InChI is InChI=1S/C21H14ClN5O2S/c22-15-8-7-13(19(28)26-14-5-2-1-3-6-14)11-16(15)27-20(29)17-12-25-21(30-17)18-23-9-4-10-24-18/h1-12H,(H,26,28)(H,27,29). The number of nitrogens with zero attached hydrogens (tertiary/aromatic N) is 3. The third-order valence-electron chi connectivity index (χ3n) is 3.99. The number of hydrogen-bond acceptors (Lipinski definition) is 6. The van der Waals surface area contributed by atoms with Crippen LogP contribution in [-0.2, 0) is 0 Å². The monoisotopic (exact) mass is 435 g/mol. The molecule has 2 aromatic carbocycles. The van der Waals surface area contributed by atoms with Gasteiger partial charge in [-0.2, -0.15) is 0 Å². The lowest BCUT2D eigenvalue weighted by atomic mass is 10.1. The van der Waals surface area contributed by atoms with E-state index in [0.717, 1.165) is 11.3 Å². The summed E-state index contributed by atoms with van der Waals surface area (Å²) in [6.07, 6.45) is 4.66. The van der Waals surface area contributed by atoms with Crippen LogP contribution in [0.4, 0.5) is 11.4 Å². The average Bonchev–Trinajstić information content (AvgIpc) is 3.27. The highest BCUT2D eigenvalue weighted by atomic mass is 35.5. The van der Waals surface area contributed by atoms with Gasteiger partial charge in [-0.25, -0.2) is 15.0 Å². The van der Waals surface area contributed by atoms with Crippen LogP contribution in [0.3, 0.4) is 0 Å². The Morgan fingerprint density at radius 2 is 1.63 bits per heavy atom. The minimum absolute atomic E-state index is 0.310. The van der Waals surface area contributed by atoms with E-state index in [2.05, 4.69) is 25.6 Å². The van der Waals surface area contributed by atoms with E-state index in [1.54, 1.807) is 42.7 Å². The van der Waals surface area contributed by atoms with Gasteiger partial charge in [0.25, 0.3) is 11.8 Å². The number of hydrogen-bond donors (Lipinski definition) is 2. The molecule has 0 aliphatic carbocycles. The van der Waals surface area contributed by atoms with Crippen molar-refractivity contribution in [3.05, 3.63) is 88.7 Å². The van der Waals surface area contributed by atoms with Gasteiger partial charge in [0.2, 0.25) is 0 Å². The fourth-order valence-corrected chi connectivity index (χ4v) is 3.49. The molecule has 2 heterocycles. The second-order valence-electron chi connectivity index (χ2n) is 6.07. The summed E-state index contributed by atoms with van der Waals surface area (Å²) in [6.45, 7) is 0. The summed E-state index contributed by atoms with van der Waals surface area (Å²) in [6, 6.07) is 15.5. The Morgan fingerprint density at radius 3 is 2.40 bits per heavy atom. The van der Waals surface area contributed by atoms with Crippen LogP contribution in [0.25, 0.3) is 10.8 Å². The quantitative estimate of drug-likeness (QED) is 0.471. The fourth-order valence-electron chi connectivity index (χ4n) is 2.56. The van der Waals surface area contributed by atoms with Gasteiger partial charge in [-0.3, -0.25) is 9.59 Å². The van der Waals surface area contributed by atoms with Crippen molar-refractivity contribution in [2.75, 3.05) is 10.6 Å². The van der Waals surface area contributed by atoms with E-state index < -0.39 is 5.91 Å². The van der Waals surface area contributed by atoms with Crippen molar-refractivity contribution in [1.29, 1.82) is 0 Å². The van der Waals surface area contributed by atoms with Gasteiger partial charge >= 0.3 is 0 Å². The molecule has 30 heavy (non-hydrogen) atoms. The number of anilines is 2. The highest BCUT2D eigenvalue weighted by molar-refractivity contribution is 7.16. The maximum absolute atomic E-state index is 12.6. The van der Waals surface area contributed by atoms with E-state index in [1.807, 2.05) is 18.2 Å². The molecule has 2 N–H and O–H groups in total. The van der Waals surface area contributed by atoms with Gasteiger partial charge < -0.3 is 10.6 Å². The topological polar surface area (TPSA) is 96.9 Å². The predicted molar refractivity (Wildman–Crippen MR) is 117 cm³/mol. The van der Waals surface area contributed by atoms with Crippen molar-refractivity contribution in [1.82, 2.24) is 15.0 Å². The molecule has 0 unspecified atom stereocenters. The summed E-state index contributed by atoms with van der Waals surface area (Å²) in [5.74, 6) is -0.258. The zero-order valence-electron chi connectivity index (χ0n) is 15.4. The van der Waals surface area contributed by atoms with E-state index >= 15 is 0 Å². The Bertz CT molecular complexity index is 1200. The number of aromatic nitrogens is 3. The van der Waals surface area contributed by atoms with Crippen molar-refractivity contribution in [2.45, 2.75) is 0 Å². The van der Waals surface area contributed by atoms with Gasteiger partial charge in [0, 0.05) is 23.6 Å². The number of halogens is 1. The van der Waals surface area contributed by atoms with E-state index in [9.17, 15) is 9.59 Å². The molecule has 0 saturated heterocycles. The number of para-hydroxylation sites is 1. The summed E-state index contributed by atoms with van der Waals surface area (Å²) in [5.41, 5.74) is 1.36. The second-order valence-corrected chi connectivity index (χ2v) is 7.51. The predicted octanol–water partition coefficient (Wildman–Crippen LogP) is 4.76. The van der Waals surface area contributed by atoms with Crippen LogP contribution in [0, 0.1) is 0 Å². The molecule has 0 radical (unpaired) electrons. The van der Waals surface area contributed by atoms with Gasteiger partial charge in [-0.15, -0.1) is 11.3 Å². The average molecular weight is 436 g/mol. The van der Waals surface area contributed by atoms with Crippen molar-refractivity contribution in [3.8, 4) is 10.8 Å². The summed E-state index contributed by atoms with van der Waals surface area (Å²) in [5, 5.41) is 6.37. The molecular formula is C21H14ClN5O2S. The third-order valence-corrected chi connectivity index (χ3v) is 5.32. The Labute approximate surface area is 180 Å². The smallest absolute Gasteiger partial charge is 0.267 e. The van der Waals surface area contributed by atoms with Crippen molar-refractivity contribution in [3.63, 3.8) is 0 Å². The number of thiazole rings is 1. The molecule has 148 valence electrons. The van der Waals surface area contributed by atoms with E-state index in [0.29, 0.717) is 37.7 Å². The van der Waals surface area contributed by atoms with Gasteiger partial charge in [-0.05, 0) is 36.4 Å². The lowest BCUT2D eigenvalue weighted by molar-refractivity contribution is 0.101. The molecule has 4 rings (SSSR count). The molecule has 0 bridgehead atoms. The molecule has 2 aromatic heterocycles. The minimum Gasteiger partial charge on any atom is -0.322 e. The minimum atomic E-state index is -0.391. The number of benzene rings is 2. The van der Waals surface area contributed by atoms with Crippen LogP contribution in [0.2, 0.25) is 5.02 Å². The fraction of sp³-hybridized carbons (Fsp3) is 0. The van der Waals surface area contributed by atoms with Crippen LogP contribution in [0.1, 0.15) is 20.0 Å². The van der Waals surface area contributed by atoms with Crippen LogP contribution < -0.4 is 10.6 Å². The highest BCUT2D eigenvalue weighted by Gasteiger charge is 2.16. The Kier molecular flexibility index (Phi) is 5.78. The zero-order valence-corrected chi connectivity index (χ0v) is 16.9. The van der Waals surface area contributed by atoms with Crippen LogP contribution in [0.15, 0.2) is 73.2 Å². The number of nitrogens with one attached hydrogen (secondary N) is 2. The van der Waals surface area contributed by atoms with Crippen LogP contribution in [-0.4, -0.2) is 26.8 Å². The van der Waals surface area contributed by atoms with E-state index in [4.69, 9.17) is 11.6 Å².